The van der Waals surface area contributed by atoms with Crippen LogP contribution in [0.25, 0.3) is 0 Å². The maximum absolute atomic E-state index is 12.7. The zero-order valence-electron chi connectivity index (χ0n) is 17.1. The van der Waals surface area contributed by atoms with E-state index < -0.39 is 0 Å². The van der Waals surface area contributed by atoms with Gasteiger partial charge in [0.25, 0.3) is 11.8 Å². The van der Waals surface area contributed by atoms with Crippen LogP contribution in [0.2, 0.25) is 0 Å². The molecule has 0 saturated carbocycles. The number of nitrogens with one attached hydrogen (secondary N) is 1. The van der Waals surface area contributed by atoms with Gasteiger partial charge in [-0.15, -0.1) is 0 Å². The van der Waals surface area contributed by atoms with Crippen molar-refractivity contribution in [2.45, 2.75) is 25.0 Å². The van der Waals surface area contributed by atoms with Gasteiger partial charge < -0.3 is 19.7 Å². The summed E-state index contributed by atoms with van der Waals surface area (Å²) in [7, 11) is 1.64. The summed E-state index contributed by atoms with van der Waals surface area (Å²) in [6.07, 6.45) is 6.77. The van der Waals surface area contributed by atoms with Crippen LogP contribution in [0.15, 0.2) is 36.8 Å². The quantitative estimate of drug-likeness (QED) is 0.693. The molecule has 4 heterocycles. The monoisotopic (exact) mass is 413 g/mol. The number of rotatable bonds is 8. The van der Waals surface area contributed by atoms with Gasteiger partial charge in [0.2, 0.25) is 0 Å². The summed E-state index contributed by atoms with van der Waals surface area (Å²) in [6, 6.07) is 5.13. The van der Waals surface area contributed by atoms with Gasteiger partial charge in [-0.3, -0.25) is 19.3 Å². The molecule has 160 valence electrons. The lowest BCUT2D eigenvalue weighted by Crippen LogP contribution is -2.66. The van der Waals surface area contributed by atoms with Crippen LogP contribution in [0.5, 0.6) is 0 Å². The number of hydrogen-bond donors (Lipinski definition) is 1. The Hall–Kier alpha value is -2.78. The number of nitrogens with zero attached hydrogens (tertiary/aromatic N) is 4. The van der Waals surface area contributed by atoms with E-state index in [-0.39, 0.29) is 17.4 Å². The summed E-state index contributed by atoms with van der Waals surface area (Å²) in [4.78, 5) is 30.6. The van der Waals surface area contributed by atoms with Crippen molar-refractivity contribution in [2.24, 2.45) is 5.92 Å². The summed E-state index contributed by atoms with van der Waals surface area (Å²) in [5.74, 6) is 0.149. The Labute approximate surface area is 175 Å². The summed E-state index contributed by atoms with van der Waals surface area (Å²) >= 11 is 0. The molecule has 30 heavy (non-hydrogen) atoms. The Bertz CT molecular complexity index is 879. The van der Waals surface area contributed by atoms with Gasteiger partial charge in [0.05, 0.1) is 26.2 Å². The van der Waals surface area contributed by atoms with Crippen LogP contribution in [0.3, 0.4) is 0 Å². The van der Waals surface area contributed by atoms with Crippen LogP contribution in [-0.2, 0) is 16.0 Å². The fourth-order valence-corrected chi connectivity index (χ4v) is 4.20. The van der Waals surface area contributed by atoms with Crippen molar-refractivity contribution < 1.29 is 19.1 Å². The summed E-state index contributed by atoms with van der Waals surface area (Å²) in [5.41, 5.74) is 0.753. The average Bonchev–Trinajstić information content (AvgIpc) is 3.38. The maximum Gasteiger partial charge on any atom is 0.274 e. The molecule has 2 aromatic heterocycles. The van der Waals surface area contributed by atoms with Crippen LogP contribution in [0.4, 0.5) is 0 Å². The molecule has 9 heteroatoms. The zero-order valence-corrected chi connectivity index (χ0v) is 17.1. The van der Waals surface area contributed by atoms with E-state index in [2.05, 4.69) is 15.4 Å². The minimum atomic E-state index is -0.296. The van der Waals surface area contributed by atoms with Gasteiger partial charge in [-0.25, -0.2) is 0 Å². The molecule has 2 amide bonds. The smallest absolute Gasteiger partial charge is 0.274 e. The lowest BCUT2D eigenvalue weighted by atomic mass is 9.78. The number of ether oxygens (including phenoxy) is 2. The molecule has 4 rings (SSSR count). The molecule has 0 bridgehead atoms. The maximum atomic E-state index is 12.7. The second-order valence-corrected chi connectivity index (χ2v) is 7.80. The molecule has 0 aliphatic carbocycles. The Balaban J connectivity index is 1.26. The van der Waals surface area contributed by atoms with E-state index in [1.807, 2.05) is 0 Å². The number of likely N-dealkylation sites (tertiary alicyclic amines) is 1. The second-order valence-electron chi connectivity index (χ2n) is 7.80. The van der Waals surface area contributed by atoms with E-state index >= 15 is 0 Å². The molecule has 0 radical (unpaired) electrons. The Morgan fingerprint density at radius 1 is 1.30 bits per heavy atom. The van der Waals surface area contributed by atoms with Gasteiger partial charge in [0.1, 0.15) is 11.3 Å². The number of amides is 2. The topological polar surface area (TPSA) is 98.6 Å². The molecule has 2 saturated heterocycles. The second kappa shape index (κ2) is 8.93. The van der Waals surface area contributed by atoms with Gasteiger partial charge in [0, 0.05) is 44.4 Å². The Kier molecular flexibility index (Phi) is 6.10. The molecular formula is C21H27N5O4. The van der Waals surface area contributed by atoms with Crippen molar-refractivity contribution in [1.82, 2.24) is 25.0 Å². The predicted octanol–water partition coefficient (Wildman–Crippen LogP) is 0.976. The highest BCUT2D eigenvalue weighted by atomic mass is 16.5. The fraction of sp³-hybridized carbons (Fsp3) is 0.524. The first kappa shape index (κ1) is 20.5. The molecule has 0 aromatic carbocycles. The first-order valence-corrected chi connectivity index (χ1v) is 10.3. The van der Waals surface area contributed by atoms with Crippen molar-refractivity contribution in [3.8, 4) is 0 Å². The lowest BCUT2D eigenvalue weighted by Gasteiger charge is -2.50. The number of pyridine rings is 1. The van der Waals surface area contributed by atoms with Crippen LogP contribution in [0, 0.1) is 5.92 Å². The van der Waals surface area contributed by atoms with E-state index in [0.717, 1.165) is 12.8 Å². The van der Waals surface area contributed by atoms with Crippen LogP contribution >= 0.6 is 0 Å². The van der Waals surface area contributed by atoms with Crippen LogP contribution < -0.4 is 5.32 Å². The van der Waals surface area contributed by atoms with Crippen LogP contribution in [-0.4, -0.2) is 77.0 Å². The molecule has 1 N–H and O–H groups in total. The molecule has 9 nitrogen and oxygen atoms in total. The third kappa shape index (κ3) is 4.22. The average molecular weight is 413 g/mol. The van der Waals surface area contributed by atoms with E-state index in [4.69, 9.17) is 9.47 Å². The lowest BCUT2D eigenvalue weighted by molar-refractivity contribution is -0.118. The van der Waals surface area contributed by atoms with Crippen molar-refractivity contribution in [2.75, 3.05) is 40.0 Å². The van der Waals surface area contributed by atoms with Crippen molar-refractivity contribution >= 4 is 11.8 Å². The van der Waals surface area contributed by atoms with Gasteiger partial charge in [-0.1, -0.05) is 0 Å². The summed E-state index contributed by atoms with van der Waals surface area (Å²) < 4.78 is 12.8. The normalized spacial score (nSPS) is 19.6. The first-order chi connectivity index (χ1) is 14.6. The van der Waals surface area contributed by atoms with Crippen molar-refractivity contribution in [3.05, 3.63) is 48.0 Å². The molecule has 2 aliphatic rings. The highest BCUT2D eigenvalue weighted by molar-refractivity contribution is 5.94. The summed E-state index contributed by atoms with van der Waals surface area (Å²) in [6.45, 7) is 3.57. The van der Waals surface area contributed by atoms with Crippen molar-refractivity contribution in [1.29, 1.82) is 0 Å². The van der Waals surface area contributed by atoms with Gasteiger partial charge in [-0.05, 0) is 37.0 Å². The van der Waals surface area contributed by atoms with Crippen molar-refractivity contribution in [3.63, 3.8) is 0 Å². The Morgan fingerprint density at radius 3 is 2.87 bits per heavy atom. The molecule has 2 aliphatic heterocycles. The van der Waals surface area contributed by atoms with Gasteiger partial charge in [0.15, 0.2) is 0 Å². The number of aromatic nitrogens is 3. The molecule has 1 atom stereocenters. The van der Waals surface area contributed by atoms with E-state index in [1.165, 1.54) is 0 Å². The van der Waals surface area contributed by atoms with Gasteiger partial charge >= 0.3 is 0 Å². The first-order valence-electron chi connectivity index (χ1n) is 10.3. The number of hydrogen-bond acceptors (Lipinski definition) is 6. The SMILES string of the molecule is COCCn1ccc(C(=O)N2CC3(C2)OCC[C@@H]3CCNC(=O)c2ccncc2)n1. The number of carbonyl (C=O) groups is 2. The van der Waals surface area contributed by atoms with Crippen LogP contribution in [0.1, 0.15) is 33.7 Å². The molecule has 2 aromatic rings. The number of carbonyl (C=O) groups excluding carboxylic acids is 2. The molecule has 0 unspecified atom stereocenters. The molecule has 1 spiro atoms. The minimum Gasteiger partial charge on any atom is -0.383 e. The zero-order chi connectivity index (χ0) is 21.0. The highest BCUT2D eigenvalue weighted by Gasteiger charge is 2.54. The fourth-order valence-electron chi connectivity index (χ4n) is 4.20. The van der Waals surface area contributed by atoms with E-state index in [9.17, 15) is 9.59 Å². The van der Waals surface area contributed by atoms with E-state index in [0.29, 0.717) is 56.6 Å². The largest absolute Gasteiger partial charge is 0.383 e. The van der Waals surface area contributed by atoms with E-state index in [1.54, 1.807) is 53.5 Å². The predicted molar refractivity (Wildman–Crippen MR) is 108 cm³/mol. The highest BCUT2D eigenvalue weighted by Crippen LogP contribution is 2.41. The third-order valence-corrected chi connectivity index (χ3v) is 5.91. The Morgan fingerprint density at radius 2 is 2.10 bits per heavy atom. The molecule has 2 fully saturated rings. The standard InChI is InChI=1S/C21H27N5O4/c1-29-13-11-26-10-5-18(24-26)20(28)25-14-21(15-25)17(6-12-30-21)4-9-23-19(27)16-2-7-22-8-3-16/h2-3,5,7-8,10,17H,4,6,9,11-15H2,1H3,(H,23,27)/t17-/m0/s1. The summed E-state index contributed by atoms with van der Waals surface area (Å²) in [5, 5.41) is 7.30. The molecular weight excluding hydrogens is 386 g/mol. The number of methoxy groups -OCH3 is 1. The minimum absolute atomic E-state index is 0.0722. The van der Waals surface area contributed by atoms with Gasteiger partial charge in [-0.2, -0.15) is 5.10 Å². The third-order valence-electron chi connectivity index (χ3n) is 5.91.